The molecule has 0 saturated heterocycles. The van der Waals surface area contributed by atoms with Crippen LogP contribution in [0.1, 0.15) is 49.0 Å². The maximum atomic E-state index is 11.9. The Hall–Kier alpha value is -2.62. The lowest BCUT2D eigenvalue weighted by Crippen LogP contribution is -2.20. The Bertz CT molecular complexity index is 690. The van der Waals surface area contributed by atoms with Gasteiger partial charge in [0, 0.05) is 11.3 Å². The van der Waals surface area contributed by atoms with E-state index in [0.717, 1.165) is 6.42 Å². The number of benzene rings is 2. The van der Waals surface area contributed by atoms with Crippen LogP contribution in [0.2, 0.25) is 0 Å². The van der Waals surface area contributed by atoms with Gasteiger partial charge in [0.25, 0.3) is 5.91 Å². The molecule has 2 aromatic carbocycles. The summed E-state index contributed by atoms with van der Waals surface area (Å²) in [6.45, 7) is 5.79. The average Bonchev–Trinajstić information content (AvgIpc) is 2.60. The number of carbonyl (C=O) groups excluding carboxylic acids is 2. The third-order valence-electron chi connectivity index (χ3n) is 4.01. The number of hydrogen-bond donors (Lipinski definition) is 1. The van der Waals surface area contributed by atoms with E-state index in [1.807, 2.05) is 24.3 Å². The van der Waals surface area contributed by atoms with Crippen molar-refractivity contribution in [2.24, 2.45) is 0 Å². The molecule has 0 saturated carbocycles. The Morgan fingerprint density at radius 2 is 1.67 bits per heavy atom. The summed E-state index contributed by atoms with van der Waals surface area (Å²) >= 11 is 0. The van der Waals surface area contributed by atoms with Crippen LogP contribution in [-0.4, -0.2) is 18.3 Å². The van der Waals surface area contributed by atoms with E-state index in [2.05, 4.69) is 19.2 Å². The predicted octanol–water partition coefficient (Wildman–Crippen LogP) is 4.42. The van der Waals surface area contributed by atoms with Crippen LogP contribution >= 0.6 is 0 Å². The van der Waals surface area contributed by atoms with Crippen LogP contribution in [-0.2, 0) is 4.79 Å². The lowest BCUT2D eigenvalue weighted by Gasteiger charge is -2.11. The smallest absolute Gasteiger partial charge is 0.262 e. The summed E-state index contributed by atoms with van der Waals surface area (Å²) in [7, 11) is 0. The van der Waals surface area contributed by atoms with E-state index in [9.17, 15) is 9.59 Å². The number of ketones is 1. The van der Waals surface area contributed by atoms with Crippen LogP contribution in [0.15, 0.2) is 48.5 Å². The molecule has 1 N–H and O–H groups in total. The number of ether oxygens (including phenoxy) is 1. The third-order valence-corrected chi connectivity index (χ3v) is 4.01. The quantitative estimate of drug-likeness (QED) is 0.767. The Morgan fingerprint density at radius 1 is 1.04 bits per heavy atom. The van der Waals surface area contributed by atoms with Gasteiger partial charge in [0.2, 0.25) is 0 Å². The summed E-state index contributed by atoms with van der Waals surface area (Å²) < 4.78 is 5.50. The highest BCUT2D eigenvalue weighted by atomic mass is 16.5. The largest absolute Gasteiger partial charge is 0.484 e. The van der Waals surface area contributed by atoms with Gasteiger partial charge in [-0.3, -0.25) is 9.59 Å². The number of hydrogen-bond acceptors (Lipinski definition) is 3. The van der Waals surface area contributed by atoms with E-state index in [1.54, 1.807) is 24.3 Å². The fourth-order valence-corrected chi connectivity index (χ4v) is 2.26. The molecular formula is C20H23NO3. The van der Waals surface area contributed by atoms with E-state index < -0.39 is 0 Å². The molecule has 0 aliphatic heterocycles. The van der Waals surface area contributed by atoms with Gasteiger partial charge in [-0.25, -0.2) is 0 Å². The molecule has 1 amide bonds. The molecule has 0 radical (unpaired) electrons. The van der Waals surface area contributed by atoms with E-state index in [-0.39, 0.29) is 18.3 Å². The average molecular weight is 325 g/mol. The third kappa shape index (κ3) is 4.95. The maximum Gasteiger partial charge on any atom is 0.262 e. The molecular weight excluding hydrogens is 302 g/mol. The van der Waals surface area contributed by atoms with E-state index in [4.69, 9.17) is 4.74 Å². The SMILES string of the molecule is CC[C@@H](C)c1ccc(OCC(=O)Nc2ccc(C(C)=O)cc2)cc1. The minimum absolute atomic E-state index is 0.00273. The normalized spacial score (nSPS) is 11.6. The standard InChI is InChI=1S/C20H23NO3/c1-4-14(2)16-7-11-19(12-8-16)24-13-20(23)21-18-9-5-17(6-10-18)15(3)22/h5-12,14H,4,13H2,1-3H3,(H,21,23)/t14-/m1/s1. The zero-order valence-corrected chi connectivity index (χ0v) is 14.3. The van der Waals surface area contributed by atoms with Gasteiger partial charge in [-0.15, -0.1) is 0 Å². The summed E-state index contributed by atoms with van der Waals surface area (Å²) in [6, 6.07) is 14.6. The van der Waals surface area contributed by atoms with Crippen molar-refractivity contribution in [3.05, 3.63) is 59.7 Å². The molecule has 2 rings (SSSR count). The van der Waals surface area contributed by atoms with Crippen LogP contribution in [0.25, 0.3) is 0 Å². The Labute approximate surface area is 142 Å². The van der Waals surface area contributed by atoms with Crippen molar-refractivity contribution in [2.75, 3.05) is 11.9 Å². The number of anilines is 1. The first kappa shape index (κ1) is 17.7. The maximum absolute atomic E-state index is 11.9. The van der Waals surface area contributed by atoms with Gasteiger partial charge in [0.15, 0.2) is 12.4 Å². The number of carbonyl (C=O) groups is 2. The predicted molar refractivity (Wildman–Crippen MR) is 95.7 cm³/mol. The first-order valence-corrected chi connectivity index (χ1v) is 8.13. The van der Waals surface area contributed by atoms with Crippen molar-refractivity contribution < 1.29 is 14.3 Å². The molecule has 0 bridgehead atoms. The number of amides is 1. The molecule has 126 valence electrons. The number of rotatable bonds is 7. The molecule has 0 spiro atoms. The monoisotopic (exact) mass is 325 g/mol. The lowest BCUT2D eigenvalue weighted by atomic mass is 9.99. The molecule has 0 aliphatic rings. The molecule has 1 atom stereocenters. The van der Waals surface area contributed by atoms with E-state index in [0.29, 0.717) is 22.9 Å². The minimum Gasteiger partial charge on any atom is -0.484 e. The van der Waals surface area contributed by atoms with Crippen LogP contribution in [0, 0.1) is 0 Å². The van der Waals surface area contributed by atoms with Gasteiger partial charge in [-0.05, 0) is 61.2 Å². The van der Waals surface area contributed by atoms with Crippen LogP contribution in [0.3, 0.4) is 0 Å². The van der Waals surface area contributed by atoms with Crippen LogP contribution < -0.4 is 10.1 Å². The number of Topliss-reactive ketones (excluding diaryl/α,β-unsaturated/α-hetero) is 1. The second-order valence-electron chi connectivity index (χ2n) is 5.85. The van der Waals surface area contributed by atoms with Crippen molar-refractivity contribution in [1.29, 1.82) is 0 Å². The summed E-state index contributed by atoms with van der Waals surface area (Å²) in [5.74, 6) is 0.943. The molecule has 0 fully saturated rings. The minimum atomic E-state index is -0.239. The van der Waals surface area contributed by atoms with Crippen molar-refractivity contribution in [3.8, 4) is 5.75 Å². The lowest BCUT2D eigenvalue weighted by molar-refractivity contribution is -0.118. The zero-order chi connectivity index (χ0) is 17.5. The van der Waals surface area contributed by atoms with E-state index >= 15 is 0 Å². The highest BCUT2D eigenvalue weighted by Gasteiger charge is 2.06. The molecule has 0 unspecified atom stereocenters. The first-order valence-electron chi connectivity index (χ1n) is 8.13. The summed E-state index contributed by atoms with van der Waals surface area (Å²) in [4.78, 5) is 23.1. The topological polar surface area (TPSA) is 55.4 Å². The Balaban J connectivity index is 1.85. The molecule has 2 aromatic rings. The second-order valence-corrected chi connectivity index (χ2v) is 5.85. The summed E-state index contributed by atoms with van der Waals surface area (Å²) in [5, 5.41) is 2.74. The van der Waals surface area contributed by atoms with Gasteiger partial charge < -0.3 is 10.1 Å². The van der Waals surface area contributed by atoms with Crippen molar-refractivity contribution in [1.82, 2.24) is 0 Å². The highest BCUT2D eigenvalue weighted by Crippen LogP contribution is 2.21. The zero-order valence-electron chi connectivity index (χ0n) is 14.3. The van der Waals surface area contributed by atoms with Crippen LogP contribution in [0.5, 0.6) is 5.75 Å². The van der Waals surface area contributed by atoms with Crippen molar-refractivity contribution in [2.45, 2.75) is 33.1 Å². The molecule has 0 aromatic heterocycles. The number of nitrogens with one attached hydrogen (secondary N) is 1. The molecule has 4 nitrogen and oxygen atoms in total. The molecule has 0 aliphatic carbocycles. The molecule has 0 heterocycles. The van der Waals surface area contributed by atoms with Crippen molar-refractivity contribution in [3.63, 3.8) is 0 Å². The summed E-state index contributed by atoms with van der Waals surface area (Å²) in [5.41, 5.74) is 2.52. The van der Waals surface area contributed by atoms with Gasteiger partial charge in [-0.1, -0.05) is 26.0 Å². The van der Waals surface area contributed by atoms with Gasteiger partial charge >= 0.3 is 0 Å². The highest BCUT2D eigenvalue weighted by molar-refractivity contribution is 5.95. The van der Waals surface area contributed by atoms with Gasteiger partial charge in [-0.2, -0.15) is 0 Å². The fourth-order valence-electron chi connectivity index (χ4n) is 2.26. The molecule has 24 heavy (non-hydrogen) atoms. The van der Waals surface area contributed by atoms with E-state index in [1.165, 1.54) is 12.5 Å². The Kier molecular flexibility index (Phi) is 6.13. The fraction of sp³-hybridized carbons (Fsp3) is 0.300. The van der Waals surface area contributed by atoms with Crippen molar-refractivity contribution >= 4 is 17.4 Å². The summed E-state index contributed by atoms with van der Waals surface area (Å²) in [6.07, 6.45) is 1.09. The molecule has 4 heteroatoms. The van der Waals surface area contributed by atoms with Gasteiger partial charge in [0.05, 0.1) is 0 Å². The van der Waals surface area contributed by atoms with Crippen LogP contribution in [0.4, 0.5) is 5.69 Å². The first-order chi connectivity index (χ1) is 11.5. The second kappa shape index (κ2) is 8.29. The Morgan fingerprint density at radius 3 is 2.21 bits per heavy atom. The van der Waals surface area contributed by atoms with Gasteiger partial charge in [0.1, 0.15) is 5.75 Å².